The molecule has 0 heterocycles. The molecule has 2 heteroatoms. The highest BCUT2D eigenvalue weighted by molar-refractivity contribution is 7.98. The number of rotatable bonds is 8. The first-order chi connectivity index (χ1) is 8.67. The third-order valence-electron chi connectivity index (χ3n) is 3.25. The molecule has 0 spiro atoms. The monoisotopic (exact) mass is 265 g/mol. The van der Waals surface area contributed by atoms with E-state index in [1.54, 1.807) is 0 Å². The van der Waals surface area contributed by atoms with Gasteiger partial charge in [-0.3, -0.25) is 0 Å². The van der Waals surface area contributed by atoms with Crippen molar-refractivity contribution in [3.05, 3.63) is 35.4 Å². The molecule has 0 bridgehead atoms. The Morgan fingerprint density at radius 3 is 2.39 bits per heavy atom. The highest BCUT2D eigenvalue weighted by atomic mass is 32.2. The fourth-order valence-electron chi connectivity index (χ4n) is 2.17. The molecule has 0 amide bonds. The van der Waals surface area contributed by atoms with Gasteiger partial charge in [-0.15, -0.1) is 0 Å². The van der Waals surface area contributed by atoms with Crippen molar-refractivity contribution in [3.63, 3.8) is 0 Å². The lowest BCUT2D eigenvalue weighted by Crippen LogP contribution is -2.30. The van der Waals surface area contributed by atoms with E-state index in [2.05, 4.69) is 56.6 Å². The second-order valence-corrected chi connectivity index (χ2v) is 6.00. The quantitative estimate of drug-likeness (QED) is 0.746. The van der Waals surface area contributed by atoms with Gasteiger partial charge in [0.05, 0.1) is 0 Å². The number of thioether (sulfide) groups is 1. The fraction of sp³-hybridized carbons (Fsp3) is 0.625. The standard InChI is InChI=1S/C16H27NS/c1-5-6-7-15-8-10-16(11-9-15)14(3)17-13(2)12-18-4/h8-11,13-14,17H,5-7,12H2,1-4H3. The van der Waals surface area contributed by atoms with Crippen LogP contribution < -0.4 is 5.32 Å². The Morgan fingerprint density at radius 1 is 1.17 bits per heavy atom. The van der Waals surface area contributed by atoms with Crippen molar-refractivity contribution in [1.29, 1.82) is 0 Å². The second-order valence-electron chi connectivity index (χ2n) is 5.09. The van der Waals surface area contributed by atoms with E-state index in [4.69, 9.17) is 0 Å². The third-order valence-corrected chi connectivity index (χ3v) is 4.08. The molecule has 102 valence electrons. The predicted molar refractivity (Wildman–Crippen MR) is 84.4 cm³/mol. The minimum Gasteiger partial charge on any atom is -0.307 e. The maximum atomic E-state index is 3.64. The van der Waals surface area contributed by atoms with Crippen molar-refractivity contribution in [1.82, 2.24) is 5.32 Å². The Labute approximate surface area is 117 Å². The molecule has 0 saturated heterocycles. The molecule has 0 aliphatic rings. The van der Waals surface area contributed by atoms with Crippen LogP contribution in [0, 0.1) is 0 Å². The van der Waals surface area contributed by atoms with Gasteiger partial charge in [-0.25, -0.2) is 0 Å². The average molecular weight is 265 g/mol. The maximum Gasteiger partial charge on any atom is 0.0294 e. The number of nitrogens with one attached hydrogen (secondary N) is 1. The molecule has 18 heavy (non-hydrogen) atoms. The summed E-state index contributed by atoms with van der Waals surface area (Å²) in [5.74, 6) is 1.17. The Hall–Kier alpha value is -0.470. The Balaban J connectivity index is 2.50. The van der Waals surface area contributed by atoms with E-state index in [9.17, 15) is 0 Å². The highest BCUT2D eigenvalue weighted by Gasteiger charge is 2.08. The molecule has 1 rings (SSSR count). The van der Waals surface area contributed by atoms with Gasteiger partial charge in [0.15, 0.2) is 0 Å². The minimum atomic E-state index is 0.437. The van der Waals surface area contributed by atoms with Gasteiger partial charge in [0, 0.05) is 17.8 Å². The van der Waals surface area contributed by atoms with Gasteiger partial charge in [0.25, 0.3) is 0 Å². The lowest BCUT2D eigenvalue weighted by Gasteiger charge is -2.20. The number of unbranched alkanes of at least 4 members (excludes halogenated alkanes) is 1. The van der Waals surface area contributed by atoms with Crippen LogP contribution in [-0.4, -0.2) is 18.1 Å². The summed E-state index contributed by atoms with van der Waals surface area (Å²) in [5.41, 5.74) is 2.85. The van der Waals surface area contributed by atoms with Gasteiger partial charge in [0.2, 0.25) is 0 Å². The van der Waals surface area contributed by atoms with Gasteiger partial charge in [-0.2, -0.15) is 11.8 Å². The van der Waals surface area contributed by atoms with E-state index in [1.807, 2.05) is 11.8 Å². The summed E-state index contributed by atoms with van der Waals surface area (Å²) in [5, 5.41) is 3.64. The molecule has 2 atom stereocenters. The van der Waals surface area contributed by atoms with Crippen LogP contribution in [0.5, 0.6) is 0 Å². The van der Waals surface area contributed by atoms with Crippen molar-refractivity contribution >= 4 is 11.8 Å². The maximum absolute atomic E-state index is 3.64. The molecule has 1 nitrogen and oxygen atoms in total. The second kappa shape index (κ2) is 8.60. The van der Waals surface area contributed by atoms with Gasteiger partial charge in [-0.1, -0.05) is 37.6 Å². The Bertz CT molecular complexity index is 320. The van der Waals surface area contributed by atoms with Crippen LogP contribution in [-0.2, 0) is 6.42 Å². The van der Waals surface area contributed by atoms with Crippen LogP contribution in [0.4, 0.5) is 0 Å². The van der Waals surface area contributed by atoms with Gasteiger partial charge >= 0.3 is 0 Å². The first-order valence-corrected chi connectivity index (χ1v) is 8.40. The largest absolute Gasteiger partial charge is 0.307 e. The first-order valence-electron chi connectivity index (χ1n) is 7.01. The molecule has 0 radical (unpaired) electrons. The molecule has 1 N–H and O–H groups in total. The molecule has 2 unspecified atom stereocenters. The van der Waals surface area contributed by atoms with Crippen LogP contribution in [0.2, 0.25) is 0 Å². The number of hydrogen-bond acceptors (Lipinski definition) is 2. The zero-order valence-corrected chi connectivity index (χ0v) is 13.0. The predicted octanol–water partition coefficient (Wildman–Crippen LogP) is 4.43. The van der Waals surface area contributed by atoms with Crippen molar-refractivity contribution in [2.24, 2.45) is 0 Å². The lowest BCUT2D eigenvalue weighted by atomic mass is 10.0. The number of aryl methyl sites for hydroxylation is 1. The normalized spacial score (nSPS) is 14.4. The van der Waals surface area contributed by atoms with Crippen LogP contribution in [0.1, 0.15) is 50.8 Å². The summed E-state index contributed by atoms with van der Waals surface area (Å²) in [6.45, 7) is 6.74. The summed E-state index contributed by atoms with van der Waals surface area (Å²) in [6, 6.07) is 10.1. The highest BCUT2D eigenvalue weighted by Crippen LogP contribution is 2.15. The zero-order chi connectivity index (χ0) is 13.4. The molecule has 0 saturated carbocycles. The van der Waals surface area contributed by atoms with E-state index in [0.717, 1.165) is 0 Å². The Morgan fingerprint density at radius 2 is 1.83 bits per heavy atom. The zero-order valence-electron chi connectivity index (χ0n) is 12.2. The van der Waals surface area contributed by atoms with Gasteiger partial charge in [-0.05, 0) is 44.1 Å². The van der Waals surface area contributed by atoms with Crippen LogP contribution in [0.3, 0.4) is 0 Å². The van der Waals surface area contributed by atoms with Crippen molar-refractivity contribution < 1.29 is 0 Å². The lowest BCUT2D eigenvalue weighted by molar-refractivity contribution is 0.511. The summed E-state index contributed by atoms with van der Waals surface area (Å²) in [6.07, 6.45) is 5.93. The molecule has 0 aliphatic heterocycles. The van der Waals surface area contributed by atoms with E-state index < -0.39 is 0 Å². The average Bonchev–Trinajstić information content (AvgIpc) is 2.37. The summed E-state index contributed by atoms with van der Waals surface area (Å²) in [4.78, 5) is 0. The van der Waals surface area contributed by atoms with Crippen molar-refractivity contribution in [3.8, 4) is 0 Å². The SMILES string of the molecule is CCCCc1ccc(C(C)NC(C)CSC)cc1. The van der Waals surface area contributed by atoms with E-state index >= 15 is 0 Å². The molecule has 0 aliphatic carbocycles. The van der Waals surface area contributed by atoms with Crippen molar-refractivity contribution in [2.45, 2.75) is 52.1 Å². The summed E-state index contributed by atoms with van der Waals surface area (Å²) >= 11 is 1.90. The summed E-state index contributed by atoms with van der Waals surface area (Å²) in [7, 11) is 0. The van der Waals surface area contributed by atoms with E-state index in [1.165, 1.54) is 36.1 Å². The van der Waals surface area contributed by atoms with E-state index in [-0.39, 0.29) is 0 Å². The van der Waals surface area contributed by atoms with Crippen LogP contribution in [0.25, 0.3) is 0 Å². The Kier molecular flexibility index (Phi) is 7.45. The molecule has 0 aromatic heterocycles. The number of hydrogen-bond donors (Lipinski definition) is 1. The first kappa shape index (κ1) is 15.6. The molecule has 1 aromatic carbocycles. The van der Waals surface area contributed by atoms with Crippen LogP contribution >= 0.6 is 11.8 Å². The fourth-order valence-corrected chi connectivity index (χ4v) is 2.77. The van der Waals surface area contributed by atoms with Gasteiger partial charge < -0.3 is 5.32 Å². The molecular formula is C16H27NS. The number of benzene rings is 1. The molecule has 0 fully saturated rings. The van der Waals surface area contributed by atoms with E-state index in [0.29, 0.717) is 12.1 Å². The summed E-state index contributed by atoms with van der Waals surface area (Å²) < 4.78 is 0. The van der Waals surface area contributed by atoms with Gasteiger partial charge in [0.1, 0.15) is 0 Å². The van der Waals surface area contributed by atoms with Crippen LogP contribution in [0.15, 0.2) is 24.3 Å². The molecule has 1 aromatic rings. The third kappa shape index (κ3) is 5.45. The molecular weight excluding hydrogens is 238 g/mol. The minimum absolute atomic E-state index is 0.437. The topological polar surface area (TPSA) is 12.0 Å². The smallest absolute Gasteiger partial charge is 0.0294 e. The van der Waals surface area contributed by atoms with Crippen molar-refractivity contribution in [2.75, 3.05) is 12.0 Å².